The second kappa shape index (κ2) is 9.17. The van der Waals surface area contributed by atoms with E-state index >= 15 is 0 Å². The first-order chi connectivity index (χ1) is 14.0. The fraction of sp³-hybridized carbons (Fsp3) is 0.391. The van der Waals surface area contributed by atoms with E-state index in [1.807, 2.05) is 24.1 Å². The lowest BCUT2D eigenvalue weighted by Crippen LogP contribution is -2.31. The molecule has 0 fully saturated rings. The number of halogens is 1. The first-order valence-corrected chi connectivity index (χ1v) is 9.76. The van der Waals surface area contributed by atoms with Crippen LogP contribution in [0.3, 0.4) is 0 Å². The van der Waals surface area contributed by atoms with Crippen molar-refractivity contribution in [2.24, 2.45) is 0 Å². The van der Waals surface area contributed by atoms with E-state index < -0.39 is 5.60 Å². The molecule has 1 aliphatic heterocycles. The van der Waals surface area contributed by atoms with Crippen molar-refractivity contribution >= 4 is 5.97 Å². The first kappa shape index (κ1) is 21.0. The maximum atomic E-state index is 13.5. The van der Waals surface area contributed by atoms with Crippen LogP contribution in [0.5, 0.6) is 0 Å². The Morgan fingerprint density at radius 3 is 2.76 bits per heavy atom. The summed E-state index contributed by atoms with van der Waals surface area (Å²) < 4.78 is 24.8. The van der Waals surface area contributed by atoms with E-state index in [0.717, 1.165) is 23.1 Å². The van der Waals surface area contributed by atoms with E-state index in [1.165, 1.54) is 12.1 Å². The summed E-state index contributed by atoms with van der Waals surface area (Å²) in [6.07, 6.45) is 1.44. The van der Waals surface area contributed by atoms with Gasteiger partial charge < -0.3 is 9.47 Å². The smallest absolute Gasteiger partial charge is 0.320 e. The molecule has 6 heteroatoms. The van der Waals surface area contributed by atoms with Crippen LogP contribution in [0.15, 0.2) is 42.5 Å². The number of nitriles is 1. The Kier molecular flexibility index (Phi) is 6.63. The lowest BCUT2D eigenvalue weighted by atomic mass is 9.81. The minimum Gasteiger partial charge on any atom is -0.465 e. The Bertz CT molecular complexity index is 907. The number of carbonyl (C=O) groups excluding carboxylic acids is 1. The minimum atomic E-state index is -0.693. The molecule has 3 rings (SSSR count). The molecule has 0 N–H and O–H groups in total. The molecule has 1 aliphatic rings. The third kappa shape index (κ3) is 4.64. The fourth-order valence-electron chi connectivity index (χ4n) is 3.87. The molecule has 29 heavy (non-hydrogen) atoms. The number of rotatable bonds is 8. The molecule has 0 saturated heterocycles. The lowest BCUT2D eigenvalue weighted by Gasteiger charge is -2.31. The molecule has 1 atom stereocenters. The average molecular weight is 396 g/mol. The van der Waals surface area contributed by atoms with Gasteiger partial charge in [0.15, 0.2) is 0 Å². The summed E-state index contributed by atoms with van der Waals surface area (Å²) >= 11 is 0. The van der Waals surface area contributed by atoms with Crippen LogP contribution < -0.4 is 0 Å². The van der Waals surface area contributed by atoms with Gasteiger partial charge in [0.2, 0.25) is 0 Å². The number of likely N-dealkylation sites (N-methyl/N-ethyl adjacent to an activating group) is 1. The molecule has 0 aromatic heterocycles. The number of hydrogen-bond donors (Lipinski definition) is 0. The molecule has 152 valence electrons. The van der Waals surface area contributed by atoms with Crippen molar-refractivity contribution in [2.75, 3.05) is 26.7 Å². The highest BCUT2D eigenvalue weighted by atomic mass is 19.1. The maximum absolute atomic E-state index is 13.5. The van der Waals surface area contributed by atoms with Crippen LogP contribution in [0.1, 0.15) is 42.0 Å². The third-order valence-corrected chi connectivity index (χ3v) is 5.23. The minimum absolute atomic E-state index is 0.236. The van der Waals surface area contributed by atoms with Crippen LogP contribution in [-0.4, -0.2) is 37.6 Å². The van der Waals surface area contributed by atoms with Crippen molar-refractivity contribution in [1.82, 2.24) is 4.90 Å². The van der Waals surface area contributed by atoms with Gasteiger partial charge in [0.05, 0.1) is 31.4 Å². The van der Waals surface area contributed by atoms with Crippen molar-refractivity contribution in [3.8, 4) is 6.07 Å². The van der Waals surface area contributed by atoms with Gasteiger partial charge in [0.1, 0.15) is 11.4 Å². The molecule has 0 bridgehead atoms. The highest BCUT2D eigenvalue weighted by molar-refractivity contribution is 5.71. The number of ether oxygens (including phenoxy) is 2. The quantitative estimate of drug-likeness (QED) is 0.636. The third-order valence-electron chi connectivity index (χ3n) is 5.23. The van der Waals surface area contributed by atoms with Gasteiger partial charge in [-0.15, -0.1) is 0 Å². The summed E-state index contributed by atoms with van der Waals surface area (Å²) in [5, 5.41) is 9.18. The van der Waals surface area contributed by atoms with Crippen molar-refractivity contribution in [1.29, 1.82) is 5.26 Å². The monoisotopic (exact) mass is 396 g/mol. The molecule has 1 heterocycles. The van der Waals surface area contributed by atoms with Crippen LogP contribution >= 0.6 is 0 Å². The van der Waals surface area contributed by atoms with E-state index in [0.29, 0.717) is 31.7 Å². The standard InChI is InChI=1S/C23H25FN2O3/c1-3-28-22(27)15-26(2)12-4-11-23(19-6-8-20(24)9-7-19)21-10-5-17(14-25)13-18(21)16-29-23/h5-10,13H,3-4,11-12,15-16H2,1-2H3. The molecular weight excluding hydrogens is 371 g/mol. The van der Waals surface area contributed by atoms with E-state index in [1.54, 1.807) is 25.1 Å². The Balaban J connectivity index is 1.81. The highest BCUT2D eigenvalue weighted by Gasteiger charge is 2.41. The number of hydrogen-bond acceptors (Lipinski definition) is 5. The van der Waals surface area contributed by atoms with Gasteiger partial charge in [-0.25, -0.2) is 4.39 Å². The zero-order valence-corrected chi connectivity index (χ0v) is 16.8. The largest absolute Gasteiger partial charge is 0.465 e. The Labute approximate surface area is 170 Å². The summed E-state index contributed by atoms with van der Waals surface area (Å²) in [6, 6.07) is 14.1. The van der Waals surface area contributed by atoms with E-state index in [2.05, 4.69) is 6.07 Å². The topological polar surface area (TPSA) is 62.6 Å². The number of esters is 1. The first-order valence-electron chi connectivity index (χ1n) is 9.76. The normalized spacial score (nSPS) is 17.8. The zero-order valence-electron chi connectivity index (χ0n) is 16.8. The van der Waals surface area contributed by atoms with Gasteiger partial charge >= 0.3 is 5.97 Å². The predicted molar refractivity (Wildman–Crippen MR) is 106 cm³/mol. The molecule has 2 aromatic rings. The van der Waals surface area contributed by atoms with Crippen LogP contribution in [0.25, 0.3) is 0 Å². The number of benzene rings is 2. The van der Waals surface area contributed by atoms with Crippen molar-refractivity contribution in [3.63, 3.8) is 0 Å². The molecule has 0 radical (unpaired) electrons. The molecule has 2 aromatic carbocycles. The number of carbonyl (C=O) groups is 1. The zero-order chi connectivity index (χ0) is 20.9. The predicted octanol–water partition coefficient (Wildman–Crippen LogP) is 3.75. The van der Waals surface area contributed by atoms with E-state index in [9.17, 15) is 14.4 Å². The number of nitrogens with zero attached hydrogens (tertiary/aromatic N) is 2. The number of fused-ring (bicyclic) bond motifs is 1. The van der Waals surface area contributed by atoms with Gasteiger partial charge in [-0.2, -0.15) is 5.26 Å². The molecule has 0 saturated carbocycles. The Morgan fingerprint density at radius 1 is 1.31 bits per heavy atom. The van der Waals surface area contributed by atoms with E-state index in [4.69, 9.17) is 9.47 Å². The SMILES string of the molecule is CCOC(=O)CN(C)CCCC1(c2ccc(F)cc2)OCc2cc(C#N)ccc21. The van der Waals surface area contributed by atoms with Gasteiger partial charge in [-0.05, 0) is 74.3 Å². The Hall–Kier alpha value is -2.75. The molecule has 0 aliphatic carbocycles. The molecule has 1 unspecified atom stereocenters. The van der Waals surface area contributed by atoms with Crippen LogP contribution in [-0.2, 0) is 26.5 Å². The summed E-state index contributed by atoms with van der Waals surface area (Å²) in [5.41, 5.74) is 2.78. The second-order valence-corrected chi connectivity index (χ2v) is 7.25. The van der Waals surface area contributed by atoms with Gasteiger partial charge in [0, 0.05) is 0 Å². The van der Waals surface area contributed by atoms with Crippen LogP contribution in [0.4, 0.5) is 4.39 Å². The maximum Gasteiger partial charge on any atom is 0.320 e. The summed E-state index contributed by atoms with van der Waals surface area (Å²) in [5.74, 6) is -0.536. The molecule has 0 spiro atoms. The highest BCUT2D eigenvalue weighted by Crippen LogP contribution is 2.45. The van der Waals surface area contributed by atoms with Crippen LogP contribution in [0.2, 0.25) is 0 Å². The average Bonchev–Trinajstić information content (AvgIpc) is 3.07. The Morgan fingerprint density at radius 2 is 2.07 bits per heavy atom. The van der Waals surface area contributed by atoms with Gasteiger partial charge in [-0.1, -0.05) is 18.2 Å². The lowest BCUT2D eigenvalue weighted by molar-refractivity contribution is -0.144. The van der Waals surface area contributed by atoms with Crippen molar-refractivity contribution in [2.45, 2.75) is 32.0 Å². The summed E-state index contributed by atoms with van der Waals surface area (Å²) in [4.78, 5) is 13.6. The molecule has 5 nitrogen and oxygen atoms in total. The molecule has 0 amide bonds. The van der Waals surface area contributed by atoms with Crippen molar-refractivity contribution in [3.05, 3.63) is 70.5 Å². The van der Waals surface area contributed by atoms with Gasteiger partial charge in [-0.3, -0.25) is 9.69 Å². The van der Waals surface area contributed by atoms with Crippen molar-refractivity contribution < 1.29 is 18.7 Å². The van der Waals surface area contributed by atoms with Gasteiger partial charge in [0.25, 0.3) is 0 Å². The van der Waals surface area contributed by atoms with E-state index in [-0.39, 0.29) is 18.3 Å². The van der Waals surface area contributed by atoms with Crippen LogP contribution in [0, 0.1) is 17.1 Å². The molecular formula is C23H25FN2O3. The summed E-state index contributed by atoms with van der Waals surface area (Å²) in [7, 11) is 1.88. The fourth-order valence-corrected chi connectivity index (χ4v) is 3.87. The summed E-state index contributed by atoms with van der Waals surface area (Å²) in [6.45, 7) is 3.49. The second-order valence-electron chi connectivity index (χ2n) is 7.25.